The third-order valence-electron chi connectivity index (χ3n) is 5.43. The molecule has 142 valence electrons. The van der Waals surface area contributed by atoms with Crippen molar-refractivity contribution in [2.24, 2.45) is 0 Å². The molecule has 1 aromatic rings. The molecule has 3 rings (SSSR count). The first-order valence-electron chi connectivity index (χ1n) is 9.93. The summed E-state index contributed by atoms with van der Waals surface area (Å²) < 4.78 is 0. The monoisotopic (exact) mass is 374 g/mol. The predicted octanol–water partition coefficient (Wildman–Crippen LogP) is 3.36. The molecule has 0 unspecified atom stereocenters. The molecule has 0 radical (unpaired) electrons. The molecule has 1 saturated carbocycles. The maximum Gasteiger partial charge on any atom is 0.232 e. The standard InChI is InChI=1S/C21H30N2O2S/c24-20(12-6-9-18-7-2-1-3-8-18)22-13-15-23(16-14-22)21(25)17-26-19-10-4-5-11-19/h1-3,7-8,19H,4-6,9-17H2. The van der Waals surface area contributed by atoms with E-state index in [9.17, 15) is 9.59 Å². The summed E-state index contributed by atoms with van der Waals surface area (Å²) in [7, 11) is 0. The molecule has 2 amide bonds. The van der Waals surface area contributed by atoms with E-state index >= 15 is 0 Å². The van der Waals surface area contributed by atoms with Crippen LogP contribution in [0.3, 0.4) is 0 Å². The molecule has 1 aliphatic carbocycles. The van der Waals surface area contributed by atoms with Crippen LogP contribution in [0.1, 0.15) is 44.1 Å². The summed E-state index contributed by atoms with van der Waals surface area (Å²) in [4.78, 5) is 28.6. The number of hydrogen-bond acceptors (Lipinski definition) is 3. The van der Waals surface area contributed by atoms with Crippen LogP contribution in [0.5, 0.6) is 0 Å². The Morgan fingerprint density at radius 2 is 1.54 bits per heavy atom. The van der Waals surface area contributed by atoms with Crippen molar-refractivity contribution >= 4 is 23.6 Å². The van der Waals surface area contributed by atoms with Gasteiger partial charge in [-0.05, 0) is 31.2 Å². The number of thioether (sulfide) groups is 1. The summed E-state index contributed by atoms with van der Waals surface area (Å²) in [6.07, 6.45) is 7.60. The second kappa shape index (κ2) is 10.0. The van der Waals surface area contributed by atoms with E-state index in [2.05, 4.69) is 12.1 Å². The van der Waals surface area contributed by atoms with Crippen molar-refractivity contribution in [3.05, 3.63) is 35.9 Å². The minimum absolute atomic E-state index is 0.230. The molecule has 1 aliphatic heterocycles. The highest BCUT2D eigenvalue weighted by Gasteiger charge is 2.25. The number of benzene rings is 1. The largest absolute Gasteiger partial charge is 0.339 e. The second-order valence-corrected chi connectivity index (χ2v) is 8.61. The fourth-order valence-electron chi connectivity index (χ4n) is 3.79. The molecule has 1 heterocycles. The van der Waals surface area contributed by atoms with Gasteiger partial charge in [0.15, 0.2) is 0 Å². The summed E-state index contributed by atoms with van der Waals surface area (Å²) in [5.74, 6) is 1.09. The molecule has 0 aromatic heterocycles. The lowest BCUT2D eigenvalue weighted by Gasteiger charge is -2.35. The summed E-state index contributed by atoms with van der Waals surface area (Å²) in [5.41, 5.74) is 1.29. The minimum Gasteiger partial charge on any atom is -0.339 e. The normalized spacial score (nSPS) is 18.3. The molecular weight excluding hydrogens is 344 g/mol. The van der Waals surface area contributed by atoms with Gasteiger partial charge in [0.1, 0.15) is 0 Å². The van der Waals surface area contributed by atoms with E-state index in [4.69, 9.17) is 0 Å². The second-order valence-electron chi connectivity index (χ2n) is 7.32. The first kappa shape index (κ1) is 19.3. The topological polar surface area (TPSA) is 40.6 Å². The molecule has 2 fully saturated rings. The van der Waals surface area contributed by atoms with E-state index in [-0.39, 0.29) is 11.8 Å². The zero-order valence-electron chi connectivity index (χ0n) is 15.6. The number of carbonyl (C=O) groups is 2. The van der Waals surface area contributed by atoms with E-state index in [0.717, 1.165) is 12.8 Å². The minimum atomic E-state index is 0.230. The van der Waals surface area contributed by atoms with Gasteiger partial charge in [0.2, 0.25) is 11.8 Å². The van der Waals surface area contributed by atoms with Crippen LogP contribution in [0.4, 0.5) is 0 Å². The van der Waals surface area contributed by atoms with Crippen molar-refractivity contribution in [1.82, 2.24) is 9.80 Å². The van der Waals surface area contributed by atoms with Crippen LogP contribution in [0, 0.1) is 0 Å². The molecule has 0 atom stereocenters. The quantitative estimate of drug-likeness (QED) is 0.735. The maximum atomic E-state index is 12.4. The molecule has 1 aromatic carbocycles. The molecular formula is C21H30N2O2S. The van der Waals surface area contributed by atoms with Gasteiger partial charge in [-0.2, -0.15) is 0 Å². The first-order valence-corrected chi connectivity index (χ1v) is 11.0. The van der Waals surface area contributed by atoms with Gasteiger partial charge in [0, 0.05) is 37.8 Å². The van der Waals surface area contributed by atoms with E-state index in [1.54, 1.807) is 0 Å². The predicted molar refractivity (Wildman–Crippen MR) is 107 cm³/mol. The Bertz CT molecular complexity index is 579. The summed E-state index contributed by atoms with van der Waals surface area (Å²) >= 11 is 1.83. The van der Waals surface area contributed by atoms with Crippen LogP contribution in [-0.2, 0) is 16.0 Å². The van der Waals surface area contributed by atoms with Crippen molar-refractivity contribution in [2.45, 2.75) is 50.2 Å². The Balaban J connectivity index is 1.32. The molecule has 1 saturated heterocycles. The number of amides is 2. The van der Waals surface area contributed by atoms with E-state index in [0.29, 0.717) is 43.6 Å². The highest BCUT2D eigenvalue weighted by Crippen LogP contribution is 2.29. The van der Waals surface area contributed by atoms with Gasteiger partial charge in [-0.25, -0.2) is 0 Å². The fraction of sp³-hybridized carbons (Fsp3) is 0.619. The van der Waals surface area contributed by atoms with E-state index in [1.807, 2.05) is 39.8 Å². The van der Waals surface area contributed by atoms with Crippen LogP contribution < -0.4 is 0 Å². The third-order valence-corrected chi connectivity index (χ3v) is 6.79. The van der Waals surface area contributed by atoms with Crippen molar-refractivity contribution in [2.75, 3.05) is 31.9 Å². The number of nitrogens with zero attached hydrogens (tertiary/aromatic N) is 2. The van der Waals surface area contributed by atoms with Gasteiger partial charge < -0.3 is 9.80 Å². The Labute approximate surface area is 161 Å². The van der Waals surface area contributed by atoms with Gasteiger partial charge in [0.05, 0.1) is 5.75 Å². The number of aryl methyl sites for hydroxylation is 1. The van der Waals surface area contributed by atoms with Crippen molar-refractivity contribution in [3.8, 4) is 0 Å². The van der Waals surface area contributed by atoms with Crippen LogP contribution in [0.2, 0.25) is 0 Å². The number of hydrogen-bond donors (Lipinski definition) is 0. The van der Waals surface area contributed by atoms with Crippen LogP contribution in [0.25, 0.3) is 0 Å². The zero-order valence-corrected chi connectivity index (χ0v) is 16.4. The Kier molecular flexibility index (Phi) is 7.42. The number of rotatable bonds is 7. The molecule has 0 N–H and O–H groups in total. The van der Waals surface area contributed by atoms with Crippen LogP contribution >= 0.6 is 11.8 Å². The lowest BCUT2D eigenvalue weighted by Crippen LogP contribution is -2.51. The first-order chi connectivity index (χ1) is 12.7. The van der Waals surface area contributed by atoms with Gasteiger partial charge in [0.25, 0.3) is 0 Å². The lowest BCUT2D eigenvalue weighted by atomic mass is 10.1. The average Bonchev–Trinajstić information content (AvgIpc) is 3.20. The van der Waals surface area contributed by atoms with Gasteiger partial charge in [-0.15, -0.1) is 11.8 Å². The lowest BCUT2D eigenvalue weighted by molar-refractivity contribution is -0.138. The summed E-state index contributed by atoms with van der Waals surface area (Å²) in [5, 5.41) is 0.687. The van der Waals surface area contributed by atoms with Crippen LogP contribution in [0.15, 0.2) is 30.3 Å². The van der Waals surface area contributed by atoms with Gasteiger partial charge >= 0.3 is 0 Å². The number of piperazine rings is 1. The van der Waals surface area contributed by atoms with Crippen molar-refractivity contribution in [1.29, 1.82) is 0 Å². The molecule has 2 aliphatic rings. The van der Waals surface area contributed by atoms with Gasteiger partial charge in [-0.3, -0.25) is 9.59 Å². The van der Waals surface area contributed by atoms with Gasteiger partial charge in [-0.1, -0.05) is 43.2 Å². The summed E-state index contributed by atoms with van der Waals surface area (Å²) in [6, 6.07) is 10.3. The molecule has 26 heavy (non-hydrogen) atoms. The van der Waals surface area contributed by atoms with Crippen molar-refractivity contribution in [3.63, 3.8) is 0 Å². The smallest absolute Gasteiger partial charge is 0.232 e. The van der Waals surface area contributed by atoms with Crippen LogP contribution in [-0.4, -0.2) is 58.8 Å². The Morgan fingerprint density at radius 3 is 2.19 bits per heavy atom. The Morgan fingerprint density at radius 1 is 0.923 bits per heavy atom. The number of carbonyl (C=O) groups excluding carboxylic acids is 2. The Hall–Kier alpha value is -1.49. The summed E-state index contributed by atoms with van der Waals surface area (Å²) in [6.45, 7) is 2.75. The third kappa shape index (κ3) is 5.76. The molecule has 5 heteroatoms. The van der Waals surface area contributed by atoms with E-state index in [1.165, 1.54) is 31.2 Å². The molecule has 4 nitrogen and oxygen atoms in total. The average molecular weight is 375 g/mol. The maximum absolute atomic E-state index is 12.4. The fourth-order valence-corrected chi connectivity index (χ4v) is 5.01. The highest BCUT2D eigenvalue weighted by molar-refractivity contribution is 8.00. The highest BCUT2D eigenvalue weighted by atomic mass is 32.2. The van der Waals surface area contributed by atoms with Crippen molar-refractivity contribution < 1.29 is 9.59 Å². The molecule has 0 spiro atoms. The molecule has 0 bridgehead atoms. The SMILES string of the molecule is O=C(CCCc1ccccc1)N1CCN(C(=O)CSC2CCCC2)CC1. The van der Waals surface area contributed by atoms with E-state index < -0.39 is 0 Å². The zero-order chi connectivity index (χ0) is 18.2.